The lowest BCUT2D eigenvalue weighted by Gasteiger charge is -2.12. The van der Waals surface area contributed by atoms with E-state index in [0.717, 1.165) is 6.42 Å². The van der Waals surface area contributed by atoms with Gasteiger partial charge in [-0.1, -0.05) is 30.8 Å². The SMILES string of the molecule is CCCN=C(NN)Nc1ccccc1SC(F)F. The molecule has 7 heteroatoms. The van der Waals surface area contributed by atoms with Crippen molar-refractivity contribution in [2.45, 2.75) is 24.0 Å². The molecule has 0 atom stereocenters. The van der Waals surface area contributed by atoms with Crippen LogP contribution in [0, 0.1) is 0 Å². The summed E-state index contributed by atoms with van der Waals surface area (Å²) < 4.78 is 24.8. The number of alkyl halides is 2. The van der Waals surface area contributed by atoms with Crippen LogP contribution in [0.1, 0.15) is 13.3 Å². The normalized spacial score (nSPS) is 11.7. The number of nitrogens with one attached hydrogen (secondary N) is 2. The molecule has 0 aliphatic rings. The fraction of sp³-hybridized carbons (Fsp3) is 0.364. The number of aliphatic imine (C=N–C) groups is 1. The first-order chi connectivity index (χ1) is 8.67. The fourth-order valence-corrected chi connectivity index (χ4v) is 1.84. The summed E-state index contributed by atoms with van der Waals surface area (Å²) in [5.41, 5.74) is 2.96. The Morgan fingerprint density at radius 2 is 2.17 bits per heavy atom. The van der Waals surface area contributed by atoms with E-state index in [1.165, 1.54) is 0 Å². The zero-order valence-corrected chi connectivity index (χ0v) is 10.8. The van der Waals surface area contributed by atoms with Crippen LogP contribution in [0.3, 0.4) is 0 Å². The number of anilines is 1. The monoisotopic (exact) mass is 274 g/mol. The van der Waals surface area contributed by atoms with Gasteiger partial charge in [0.05, 0.1) is 5.69 Å². The summed E-state index contributed by atoms with van der Waals surface area (Å²) in [6, 6.07) is 6.77. The highest BCUT2D eigenvalue weighted by Gasteiger charge is 2.10. The van der Waals surface area contributed by atoms with Gasteiger partial charge in [-0.2, -0.15) is 8.78 Å². The molecule has 0 radical (unpaired) electrons. The number of nitrogens with two attached hydrogens (primary N) is 1. The predicted octanol–water partition coefficient (Wildman–Crippen LogP) is 2.64. The molecule has 0 aliphatic carbocycles. The minimum Gasteiger partial charge on any atom is -0.324 e. The van der Waals surface area contributed by atoms with Gasteiger partial charge in [0, 0.05) is 11.4 Å². The second kappa shape index (κ2) is 7.88. The van der Waals surface area contributed by atoms with Crippen molar-refractivity contribution < 1.29 is 8.78 Å². The second-order valence-corrected chi connectivity index (χ2v) is 4.41. The molecule has 0 saturated carbocycles. The molecule has 0 saturated heterocycles. The molecule has 100 valence electrons. The average molecular weight is 274 g/mol. The number of nitrogens with zero attached hydrogens (tertiary/aromatic N) is 1. The van der Waals surface area contributed by atoms with E-state index in [1.807, 2.05) is 6.92 Å². The van der Waals surface area contributed by atoms with Crippen LogP contribution in [0.2, 0.25) is 0 Å². The first-order valence-electron chi connectivity index (χ1n) is 5.49. The predicted molar refractivity (Wildman–Crippen MR) is 71.8 cm³/mol. The van der Waals surface area contributed by atoms with Crippen LogP contribution in [0.5, 0.6) is 0 Å². The summed E-state index contributed by atoms with van der Waals surface area (Å²) in [7, 11) is 0. The van der Waals surface area contributed by atoms with E-state index in [9.17, 15) is 8.78 Å². The lowest BCUT2D eigenvalue weighted by molar-refractivity contribution is 0.252. The number of rotatable bonds is 5. The highest BCUT2D eigenvalue weighted by atomic mass is 32.2. The zero-order chi connectivity index (χ0) is 13.4. The van der Waals surface area contributed by atoms with Crippen molar-refractivity contribution >= 4 is 23.4 Å². The highest BCUT2D eigenvalue weighted by Crippen LogP contribution is 2.31. The van der Waals surface area contributed by atoms with Gasteiger partial charge >= 0.3 is 0 Å². The molecule has 1 aromatic rings. The molecular weight excluding hydrogens is 258 g/mol. The Labute approximate surface area is 109 Å². The van der Waals surface area contributed by atoms with Gasteiger partial charge in [0.15, 0.2) is 0 Å². The first kappa shape index (κ1) is 14.7. The van der Waals surface area contributed by atoms with Crippen LogP contribution in [0.15, 0.2) is 34.2 Å². The number of para-hydroxylation sites is 1. The summed E-state index contributed by atoms with van der Waals surface area (Å²) in [6.07, 6.45) is 0.875. The molecule has 0 aromatic heterocycles. The van der Waals surface area contributed by atoms with Gasteiger partial charge in [0.1, 0.15) is 0 Å². The molecule has 0 bridgehead atoms. The fourth-order valence-electron chi connectivity index (χ4n) is 1.24. The molecular formula is C11H16F2N4S. The van der Waals surface area contributed by atoms with Crippen LogP contribution in [-0.4, -0.2) is 18.3 Å². The van der Waals surface area contributed by atoms with Gasteiger partial charge in [0.2, 0.25) is 5.96 Å². The van der Waals surface area contributed by atoms with Crippen molar-refractivity contribution in [1.82, 2.24) is 5.43 Å². The number of guanidine groups is 1. The topological polar surface area (TPSA) is 62.4 Å². The molecule has 18 heavy (non-hydrogen) atoms. The maximum atomic E-state index is 12.4. The number of thioether (sulfide) groups is 1. The van der Waals surface area contributed by atoms with Crippen LogP contribution >= 0.6 is 11.8 Å². The molecule has 0 fully saturated rings. The minimum atomic E-state index is -2.46. The molecule has 0 unspecified atom stereocenters. The molecule has 0 spiro atoms. The molecule has 0 amide bonds. The second-order valence-electron chi connectivity index (χ2n) is 3.37. The van der Waals surface area contributed by atoms with Crippen LogP contribution in [-0.2, 0) is 0 Å². The summed E-state index contributed by atoms with van der Waals surface area (Å²) in [4.78, 5) is 4.60. The molecule has 4 nitrogen and oxygen atoms in total. The third kappa shape index (κ3) is 4.89. The van der Waals surface area contributed by atoms with Gasteiger partial charge in [-0.25, -0.2) is 5.84 Å². The lowest BCUT2D eigenvalue weighted by atomic mass is 10.3. The van der Waals surface area contributed by atoms with Gasteiger partial charge in [0.25, 0.3) is 5.76 Å². The van der Waals surface area contributed by atoms with Crippen molar-refractivity contribution in [1.29, 1.82) is 0 Å². The van der Waals surface area contributed by atoms with Gasteiger partial charge in [-0.05, 0) is 18.6 Å². The third-order valence-corrected chi connectivity index (χ3v) is 2.77. The standard InChI is InChI=1S/C11H16F2N4S/c1-2-7-15-11(17-14)16-8-5-3-4-6-9(8)18-10(12)13/h3-6,10H,2,7,14H2,1H3,(H2,15,16,17). The Morgan fingerprint density at radius 3 is 2.78 bits per heavy atom. The zero-order valence-electron chi connectivity index (χ0n) is 9.99. The van der Waals surface area contributed by atoms with Crippen molar-refractivity contribution in [3.05, 3.63) is 24.3 Å². The van der Waals surface area contributed by atoms with Crippen LogP contribution in [0.25, 0.3) is 0 Å². The number of halogens is 2. The van der Waals surface area contributed by atoms with Crippen molar-refractivity contribution in [2.75, 3.05) is 11.9 Å². The van der Waals surface area contributed by atoms with Crippen molar-refractivity contribution in [3.8, 4) is 0 Å². The van der Waals surface area contributed by atoms with E-state index in [2.05, 4.69) is 15.7 Å². The van der Waals surface area contributed by atoms with Gasteiger partial charge < -0.3 is 5.32 Å². The van der Waals surface area contributed by atoms with E-state index in [1.54, 1.807) is 24.3 Å². The van der Waals surface area contributed by atoms with Crippen LogP contribution in [0.4, 0.5) is 14.5 Å². The Hall–Kier alpha value is -1.34. The van der Waals surface area contributed by atoms with E-state index >= 15 is 0 Å². The summed E-state index contributed by atoms with van der Waals surface area (Å²) in [6.45, 7) is 2.59. The summed E-state index contributed by atoms with van der Waals surface area (Å²) >= 11 is 0.482. The van der Waals surface area contributed by atoms with Crippen molar-refractivity contribution in [2.24, 2.45) is 10.8 Å². The number of benzene rings is 1. The quantitative estimate of drug-likeness (QED) is 0.254. The Morgan fingerprint density at radius 1 is 1.44 bits per heavy atom. The third-order valence-electron chi connectivity index (χ3n) is 1.99. The number of hydrogen-bond acceptors (Lipinski definition) is 3. The Kier molecular flexibility index (Phi) is 6.45. The average Bonchev–Trinajstić information content (AvgIpc) is 2.35. The smallest absolute Gasteiger partial charge is 0.288 e. The Balaban J connectivity index is 2.81. The molecule has 1 rings (SSSR count). The van der Waals surface area contributed by atoms with E-state index in [-0.39, 0.29) is 0 Å². The van der Waals surface area contributed by atoms with Crippen molar-refractivity contribution in [3.63, 3.8) is 0 Å². The maximum absolute atomic E-state index is 12.4. The van der Waals surface area contributed by atoms with E-state index in [4.69, 9.17) is 5.84 Å². The summed E-state index contributed by atoms with van der Waals surface area (Å²) in [5, 5.41) is 2.90. The van der Waals surface area contributed by atoms with Gasteiger partial charge in [-0.15, -0.1) is 0 Å². The number of hydrogen-bond donors (Lipinski definition) is 3. The Bertz CT molecular complexity index is 398. The molecule has 0 aliphatic heterocycles. The molecule has 0 heterocycles. The van der Waals surface area contributed by atoms with Crippen LogP contribution < -0.4 is 16.6 Å². The summed E-state index contributed by atoms with van der Waals surface area (Å²) in [5.74, 6) is 3.21. The number of hydrazine groups is 1. The molecule has 1 aromatic carbocycles. The minimum absolute atomic E-state index is 0.360. The van der Waals surface area contributed by atoms with Gasteiger partial charge in [-0.3, -0.25) is 10.4 Å². The highest BCUT2D eigenvalue weighted by molar-refractivity contribution is 7.99. The van der Waals surface area contributed by atoms with E-state index in [0.29, 0.717) is 34.8 Å². The largest absolute Gasteiger partial charge is 0.324 e. The lowest BCUT2D eigenvalue weighted by Crippen LogP contribution is -2.36. The van der Waals surface area contributed by atoms with E-state index < -0.39 is 5.76 Å². The molecule has 4 N–H and O–H groups in total. The maximum Gasteiger partial charge on any atom is 0.288 e. The first-order valence-corrected chi connectivity index (χ1v) is 6.37.